The number of anilines is 1. The van der Waals surface area contributed by atoms with E-state index in [1.165, 1.54) is 6.42 Å². The number of hydrogen-bond donors (Lipinski definition) is 1. The molecule has 2 fully saturated rings. The van der Waals surface area contributed by atoms with Crippen LogP contribution < -0.4 is 5.32 Å². The minimum atomic E-state index is -4.41. The minimum absolute atomic E-state index is 0.000570. The van der Waals surface area contributed by atoms with Gasteiger partial charge in [-0.05, 0) is 24.7 Å². The molecule has 20 heavy (non-hydrogen) atoms. The summed E-state index contributed by atoms with van der Waals surface area (Å²) in [5.41, 5.74) is 0. The van der Waals surface area contributed by atoms with Crippen molar-refractivity contribution in [3.63, 3.8) is 0 Å². The number of aromatic nitrogens is 1. The van der Waals surface area contributed by atoms with E-state index in [9.17, 15) is 18.0 Å². The van der Waals surface area contributed by atoms with Crippen LogP contribution in [0.5, 0.6) is 0 Å². The minimum Gasteiger partial charge on any atom is -0.324 e. The molecule has 2 atom stereocenters. The van der Waals surface area contributed by atoms with Gasteiger partial charge in [-0.15, -0.1) is 0 Å². The van der Waals surface area contributed by atoms with Gasteiger partial charge in [-0.25, -0.2) is 9.78 Å². The van der Waals surface area contributed by atoms with E-state index in [0.29, 0.717) is 36.3 Å². The van der Waals surface area contributed by atoms with Crippen LogP contribution in [0, 0.1) is 11.8 Å². The number of urea groups is 1. The van der Waals surface area contributed by atoms with Gasteiger partial charge >= 0.3 is 12.2 Å². The monoisotopic (exact) mass is 305 g/mol. The molecule has 1 saturated heterocycles. The zero-order chi connectivity index (χ0) is 14.3. The van der Waals surface area contributed by atoms with Gasteiger partial charge < -0.3 is 4.90 Å². The molecular weight excluding hydrogens is 291 g/mol. The van der Waals surface area contributed by atoms with Crippen molar-refractivity contribution in [2.24, 2.45) is 11.8 Å². The van der Waals surface area contributed by atoms with Crippen LogP contribution in [-0.4, -0.2) is 29.0 Å². The van der Waals surface area contributed by atoms with E-state index in [1.807, 2.05) is 0 Å². The molecule has 1 aromatic heterocycles. The number of fused-ring (bicyclic) bond motifs is 1. The van der Waals surface area contributed by atoms with E-state index in [1.54, 1.807) is 4.90 Å². The van der Waals surface area contributed by atoms with Gasteiger partial charge in [0, 0.05) is 13.1 Å². The fraction of sp³-hybridized carbons (Fsp3) is 0.667. The Morgan fingerprint density at radius 2 is 2.00 bits per heavy atom. The fourth-order valence-electron chi connectivity index (χ4n) is 3.03. The number of thiazole rings is 1. The standard InChI is InChI=1S/C12H14F3N3OS/c13-12(14,15)9-4-16-10(20-9)17-11(19)18-5-7-2-1-3-8(7)6-18/h4,7-8H,1-3,5-6H2,(H,16,17,19). The van der Waals surface area contributed by atoms with Crippen molar-refractivity contribution < 1.29 is 18.0 Å². The summed E-state index contributed by atoms with van der Waals surface area (Å²) in [7, 11) is 0. The van der Waals surface area contributed by atoms with Gasteiger partial charge in [-0.1, -0.05) is 17.8 Å². The van der Waals surface area contributed by atoms with Crippen molar-refractivity contribution in [3.05, 3.63) is 11.1 Å². The summed E-state index contributed by atoms with van der Waals surface area (Å²) < 4.78 is 37.3. The lowest BCUT2D eigenvalue weighted by Gasteiger charge is -2.16. The molecular formula is C12H14F3N3OS. The predicted molar refractivity (Wildman–Crippen MR) is 68.5 cm³/mol. The zero-order valence-electron chi connectivity index (χ0n) is 10.6. The Morgan fingerprint density at radius 1 is 1.35 bits per heavy atom. The first-order valence-electron chi connectivity index (χ1n) is 6.52. The Labute approximate surface area is 118 Å². The number of nitrogens with one attached hydrogen (secondary N) is 1. The van der Waals surface area contributed by atoms with Crippen LogP contribution in [0.2, 0.25) is 0 Å². The number of alkyl halides is 3. The summed E-state index contributed by atoms with van der Waals surface area (Å²) in [6.07, 6.45) is -0.162. The highest BCUT2D eigenvalue weighted by Crippen LogP contribution is 2.38. The molecule has 110 valence electrons. The Hall–Kier alpha value is -1.31. The highest BCUT2D eigenvalue weighted by molar-refractivity contribution is 7.15. The second kappa shape index (κ2) is 4.91. The smallest absolute Gasteiger partial charge is 0.324 e. The molecule has 0 bridgehead atoms. The lowest BCUT2D eigenvalue weighted by Crippen LogP contribution is -2.33. The maximum Gasteiger partial charge on any atom is 0.427 e. The van der Waals surface area contributed by atoms with Crippen LogP contribution in [0.3, 0.4) is 0 Å². The van der Waals surface area contributed by atoms with Crippen LogP contribution in [0.1, 0.15) is 24.1 Å². The maximum absolute atomic E-state index is 12.4. The van der Waals surface area contributed by atoms with Crippen molar-refractivity contribution >= 4 is 22.5 Å². The molecule has 1 N–H and O–H groups in total. The summed E-state index contributed by atoms with van der Waals surface area (Å²) in [5, 5.41) is 2.46. The molecule has 0 spiro atoms. The average molecular weight is 305 g/mol. The summed E-state index contributed by atoms with van der Waals surface area (Å²) in [5.74, 6) is 1.12. The Bertz CT molecular complexity index is 504. The number of carbonyl (C=O) groups excluding carboxylic acids is 1. The summed E-state index contributed by atoms with van der Waals surface area (Å²) >= 11 is 0.454. The third-order valence-electron chi connectivity index (χ3n) is 4.01. The highest BCUT2D eigenvalue weighted by atomic mass is 32.1. The average Bonchev–Trinajstić information content (AvgIpc) is 3.00. The predicted octanol–water partition coefficient (Wildman–Crippen LogP) is 3.43. The lowest BCUT2D eigenvalue weighted by atomic mass is 10.0. The van der Waals surface area contributed by atoms with Crippen LogP contribution in [0.4, 0.5) is 23.1 Å². The molecule has 2 unspecified atom stereocenters. The number of likely N-dealkylation sites (tertiary alicyclic amines) is 1. The number of carbonyl (C=O) groups is 1. The van der Waals surface area contributed by atoms with E-state index < -0.39 is 11.1 Å². The summed E-state index contributed by atoms with van der Waals surface area (Å²) in [6.45, 7) is 1.40. The van der Waals surface area contributed by atoms with Gasteiger partial charge in [0.25, 0.3) is 0 Å². The normalized spacial score (nSPS) is 25.9. The van der Waals surface area contributed by atoms with Gasteiger partial charge in [0.1, 0.15) is 4.88 Å². The van der Waals surface area contributed by atoms with Crippen LogP contribution in [-0.2, 0) is 6.18 Å². The topological polar surface area (TPSA) is 45.2 Å². The molecule has 8 heteroatoms. The molecule has 4 nitrogen and oxygen atoms in total. The number of rotatable bonds is 1. The third-order valence-corrected chi connectivity index (χ3v) is 4.97. The molecule has 1 saturated carbocycles. The van der Waals surface area contributed by atoms with Gasteiger partial charge in [0.15, 0.2) is 5.13 Å². The van der Waals surface area contributed by atoms with Crippen LogP contribution >= 0.6 is 11.3 Å². The van der Waals surface area contributed by atoms with E-state index >= 15 is 0 Å². The number of amides is 2. The fourth-order valence-corrected chi connectivity index (χ4v) is 3.71. The second-order valence-electron chi connectivity index (χ2n) is 5.31. The SMILES string of the molecule is O=C(Nc1ncc(C(F)(F)F)s1)N1CC2CCCC2C1. The van der Waals surface area contributed by atoms with Crippen molar-refractivity contribution in [1.82, 2.24) is 9.88 Å². The van der Waals surface area contributed by atoms with Crippen molar-refractivity contribution in [3.8, 4) is 0 Å². The first-order valence-corrected chi connectivity index (χ1v) is 7.34. The Morgan fingerprint density at radius 3 is 2.55 bits per heavy atom. The van der Waals surface area contributed by atoms with Crippen LogP contribution in [0.15, 0.2) is 6.20 Å². The first-order chi connectivity index (χ1) is 9.43. The molecule has 1 aliphatic heterocycles. The van der Waals surface area contributed by atoms with Gasteiger partial charge in [0.2, 0.25) is 0 Å². The third kappa shape index (κ3) is 2.61. The van der Waals surface area contributed by atoms with Crippen molar-refractivity contribution in [2.45, 2.75) is 25.4 Å². The molecule has 1 aromatic rings. The summed E-state index contributed by atoms with van der Waals surface area (Å²) in [4.78, 5) is 16.5. The Kier molecular flexibility index (Phi) is 3.35. The molecule has 2 amide bonds. The zero-order valence-corrected chi connectivity index (χ0v) is 11.4. The van der Waals surface area contributed by atoms with Crippen molar-refractivity contribution in [2.75, 3.05) is 18.4 Å². The number of hydrogen-bond acceptors (Lipinski definition) is 3. The molecule has 0 aromatic carbocycles. The molecule has 2 aliphatic rings. The number of nitrogens with zero attached hydrogens (tertiary/aromatic N) is 2. The van der Waals surface area contributed by atoms with Crippen molar-refractivity contribution in [1.29, 1.82) is 0 Å². The largest absolute Gasteiger partial charge is 0.427 e. The second-order valence-corrected chi connectivity index (χ2v) is 6.34. The van der Waals surface area contributed by atoms with E-state index in [0.717, 1.165) is 19.0 Å². The van der Waals surface area contributed by atoms with Crippen LogP contribution in [0.25, 0.3) is 0 Å². The van der Waals surface area contributed by atoms with E-state index in [2.05, 4.69) is 10.3 Å². The maximum atomic E-state index is 12.4. The van der Waals surface area contributed by atoms with E-state index in [4.69, 9.17) is 0 Å². The molecule has 3 rings (SSSR count). The van der Waals surface area contributed by atoms with Gasteiger partial charge in [-0.2, -0.15) is 13.2 Å². The lowest BCUT2D eigenvalue weighted by molar-refractivity contribution is -0.134. The molecule has 2 heterocycles. The molecule has 0 radical (unpaired) electrons. The quantitative estimate of drug-likeness (QED) is 0.864. The first kappa shape index (κ1) is 13.7. The Balaban J connectivity index is 1.61. The molecule has 1 aliphatic carbocycles. The number of halogens is 3. The highest BCUT2D eigenvalue weighted by Gasteiger charge is 2.38. The van der Waals surface area contributed by atoms with E-state index in [-0.39, 0.29) is 11.2 Å². The van der Waals surface area contributed by atoms with Gasteiger partial charge in [-0.3, -0.25) is 5.32 Å². The summed E-state index contributed by atoms with van der Waals surface area (Å²) in [6, 6.07) is -0.345. The van der Waals surface area contributed by atoms with Gasteiger partial charge in [0.05, 0.1) is 6.20 Å².